The van der Waals surface area contributed by atoms with Gasteiger partial charge in [0.1, 0.15) is 0 Å². The average molecular weight is 381 g/mol. The van der Waals surface area contributed by atoms with E-state index in [1.807, 2.05) is 30.3 Å². The molecular formula is C22H27N3O3. The maximum absolute atomic E-state index is 9.16. The monoisotopic (exact) mass is 381 g/mol. The Kier molecular flexibility index (Phi) is 5.50. The fraction of sp³-hybridized carbons (Fsp3) is 0.409. The molecule has 0 saturated carbocycles. The van der Waals surface area contributed by atoms with Crippen molar-refractivity contribution in [3.8, 4) is 11.5 Å². The minimum absolute atomic E-state index is 0.222. The van der Waals surface area contributed by atoms with Gasteiger partial charge < -0.3 is 24.8 Å². The van der Waals surface area contributed by atoms with E-state index >= 15 is 0 Å². The summed E-state index contributed by atoms with van der Waals surface area (Å²) in [5, 5.41) is 15.1. The number of para-hydroxylation sites is 1. The summed E-state index contributed by atoms with van der Waals surface area (Å²) in [6.45, 7) is 2.97. The molecule has 2 aromatic carbocycles. The zero-order valence-electron chi connectivity index (χ0n) is 16.4. The number of pyridine rings is 1. The number of hydrogen-bond donors (Lipinski definition) is 2. The minimum atomic E-state index is 0.222. The first-order valence-electron chi connectivity index (χ1n) is 9.77. The number of nitrogens with one attached hydrogen (secondary N) is 1. The van der Waals surface area contributed by atoms with E-state index in [0.717, 1.165) is 60.0 Å². The number of hydrogen-bond acceptors (Lipinski definition) is 6. The molecule has 3 aromatic rings. The fourth-order valence-electron chi connectivity index (χ4n) is 4.02. The highest BCUT2D eigenvalue weighted by Crippen LogP contribution is 2.38. The number of piperidine rings is 1. The number of benzene rings is 2. The summed E-state index contributed by atoms with van der Waals surface area (Å²) in [5.74, 6) is 1.38. The Morgan fingerprint density at radius 1 is 1.04 bits per heavy atom. The lowest BCUT2D eigenvalue weighted by Crippen LogP contribution is -2.40. The van der Waals surface area contributed by atoms with Gasteiger partial charge in [0.05, 0.1) is 37.5 Å². The number of fused-ring (bicyclic) bond motifs is 2. The molecule has 0 radical (unpaired) electrons. The third-order valence-corrected chi connectivity index (χ3v) is 5.54. The number of rotatable bonds is 6. The summed E-state index contributed by atoms with van der Waals surface area (Å²) in [7, 11) is 3.30. The normalized spacial score (nSPS) is 15.8. The number of ether oxygens (including phenoxy) is 2. The van der Waals surface area contributed by atoms with Crippen LogP contribution in [0.15, 0.2) is 36.4 Å². The molecule has 0 unspecified atom stereocenters. The van der Waals surface area contributed by atoms with Gasteiger partial charge in [-0.15, -0.1) is 0 Å². The highest BCUT2D eigenvalue weighted by molar-refractivity contribution is 6.08. The van der Waals surface area contributed by atoms with Crippen molar-refractivity contribution < 1.29 is 14.6 Å². The molecule has 0 atom stereocenters. The van der Waals surface area contributed by atoms with Crippen LogP contribution >= 0.6 is 0 Å². The van der Waals surface area contributed by atoms with Crippen LogP contribution in [-0.4, -0.2) is 61.5 Å². The molecule has 2 N–H and O–H groups in total. The topological polar surface area (TPSA) is 66.9 Å². The molecule has 1 aromatic heterocycles. The number of aromatic nitrogens is 1. The van der Waals surface area contributed by atoms with E-state index in [0.29, 0.717) is 17.5 Å². The van der Waals surface area contributed by atoms with Crippen LogP contribution in [0, 0.1) is 0 Å². The van der Waals surface area contributed by atoms with E-state index < -0.39 is 0 Å². The van der Waals surface area contributed by atoms with Crippen molar-refractivity contribution in [2.45, 2.75) is 18.9 Å². The molecule has 0 spiro atoms. The van der Waals surface area contributed by atoms with Crippen LogP contribution in [0.3, 0.4) is 0 Å². The molecule has 28 heavy (non-hydrogen) atoms. The highest BCUT2D eigenvalue weighted by atomic mass is 16.5. The van der Waals surface area contributed by atoms with Gasteiger partial charge in [-0.25, -0.2) is 4.98 Å². The SMILES string of the molecule is COc1cc2nc3ccccc3c(NC3CCN(CCO)CC3)c2cc1OC. The van der Waals surface area contributed by atoms with Crippen molar-refractivity contribution in [3.63, 3.8) is 0 Å². The van der Waals surface area contributed by atoms with Crippen LogP contribution in [0.25, 0.3) is 21.8 Å². The summed E-state index contributed by atoms with van der Waals surface area (Å²) < 4.78 is 11.0. The molecule has 4 rings (SSSR count). The summed E-state index contributed by atoms with van der Waals surface area (Å²) >= 11 is 0. The van der Waals surface area contributed by atoms with Gasteiger partial charge in [0, 0.05) is 42.5 Å². The molecule has 6 nitrogen and oxygen atoms in total. The Labute approximate surface area is 165 Å². The maximum Gasteiger partial charge on any atom is 0.162 e. The van der Waals surface area contributed by atoms with Crippen molar-refractivity contribution in [2.24, 2.45) is 0 Å². The molecule has 2 heterocycles. The van der Waals surface area contributed by atoms with Crippen molar-refractivity contribution in [1.29, 1.82) is 0 Å². The zero-order valence-corrected chi connectivity index (χ0v) is 16.4. The molecule has 0 bridgehead atoms. The molecule has 0 aliphatic carbocycles. The third kappa shape index (κ3) is 3.57. The predicted molar refractivity (Wildman–Crippen MR) is 113 cm³/mol. The van der Waals surface area contributed by atoms with Crippen LogP contribution in [0.2, 0.25) is 0 Å². The first kappa shape index (κ1) is 18.8. The molecule has 1 saturated heterocycles. The second kappa shape index (κ2) is 8.20. The summed E-state index contributed by atoms with van der Waals surface area (Å²) in [6.07, 6.45) is 2.09. The van der Waals surface area contributed by atoms with Gasteiger partial charge in [-0.3, -0.25) is 0 Å². The Balaban J connectivity index is 1.76. The van der Waals surface area contributed by atoms with Gasteiger partial charge in [-0.2, -0.15) is 0 Å². The fourth-order valence-corrected chi connectivity index (χ4v) is 4.02. The zero-order chi connectivity index (χ0) is 19.5. The van der Waals surface area contributed by atoms with E-state index in [-0.39, 0.29) is 6.61 Å². The molecule has 1 aliphatic rings. The maximum atomic E-state index is 9.16. The molecular weight excluding hydrogens is 354 g/mol. The van der Waals surface area contributed by atoms with E-state index in [4.69, 9.17) is 19.6 Å². The molecule has 1 fully saturated rings. The second-order valence-electron chi connectivity index (χ2n) is 7.21. The lowest BCUT2D eigenvalue weighted by atomic mass is 10.0. The van der Waals surface area contributed by atoms with Crippen LogP contribution in [0.4, 0.5) is 5.69 Å². The first-order valence-corrected chi connectivity index (χ1v) is 9.77. The number of anilines is 1. The number of β-amino-alcohol motifs (C(OH)–C–C–N with tert-alkyl or cyclic N) is 1. The third-order valence-electron chi connectivity index (χ3n) is 5.54. The second-order valence-corrected chi connectivity index (χ2v) is 7.21. The highest BCUT2D eigenvalue weighted by Gasteiger charge is 2.21. The largest absolute Gasteiger partial charge is 0.493 e. The quantitative estimate of drug-likeness (QED) is 0.639. The summed E-state index contributed by atoms with van der Waals surface area (Å²) in [4.78, 5) is 7.15. The van der Waals surface area contributed by atoms with E-state index in [1.165, 1.54) is 0 Å². The summed E-state index contributed by atoms with van der Waals surface area (Å²) in [5.41, 5.74) is 2.95. The van der Waals surface area contributed by atoms with Gasteiger partial charge >= 0.3 is 0 Å². The Bertz CT molecular complexity index is 968. The van der Waals surface area contributed by atoms with Gasteiger partial charge in [-0.1, -0.05) is 18.2 Å². The van der Waals surface area contributed by atoms with Crippen LogP contribution < -0.4 is 14.8 Å². The molecule has 0 amide bonds. The van der Waals surface area contributed by atoms with Gasteiger partial charge in [0.25, 0.3) is 0 Å². The number of likely N-dealkylation sites (tertiary alicyclic amines) is 1. The average Bonchev–Trinajstić information content (AvgIpc) is 2.74. The first-order chi connectivity index (χ1) is 13.7. The van der Waals surface area contributed by atoms with Crippen molar-refractivity contribution in [2.75, 3.05) is 45.8 Å². The van der Waals surface area contributed by atoms with E-state index in [2.05, 4.69) is 16.3 Å². The number of aliphatic hydroxyl groups excluding tert-OH is 1. The number of methoxy groups -OCH3 is 2. The van der Waals surface area contributed by atoms with Crippen molar-refractivity contribution >= 4 is 27.5 Å². The van der Waals surface area contributed by atoms with Crippen LogP contribution in [0.1, 0.15) is 12.8 Å². The lowest BCUT2D eigenvalue weighted by Gasteiger charge is -2.33. The minimum Gasteiger partial charge on any atom is -0.493 e. The van der Waals surface area contributed by atoms with E-state index in [1.54, 1.807) is 14.2 Å². The van der Waals surface area contributed by atoms with Gasteiger partial charge in [-0.05, 0) is 25.0 Å². The summed E-state index contributed by atoms with van der Waals surface area (Å²) in [6, 6.07) is 12.6. The molecule has 6 heteroatoms. The van der Waals surface area contributed by atoms with Crippen LogP contribution in [-0.2, 0) is 0 Å². The number of nitrogens with zero attached hydrogens (tertiary/aromatic N) is 2. The Morgan fingerprint density at radius 2 is 1.75 bits per heavy atom. The van der Waals surface area contributed by atoms with Crippen LogP contribution in [0.5, 0.6) is 11.5 Å². The standard InChI is InChI=1S/C22H27N3O3/c1-27-20-13-17-19(14-21(20)28-2)24-18-6-4-3-5-16(18)22(17)23-15-7-9-25(10-8-15)11-12-26/h3-6,13-15,26H,7-12H2,1-2H3,(H,23,24). The number of aliphatic hydroxyl groups is 1. The molecule has 148 valence electrons. The Morgan fingerprint density at radius 3 is 2.46 bits per heavy atom. The van der Waals surface area contributed by atoms with Gasteiger partial charge in [0.2, 0.25) is 0 Å². The molecule has 1 aliphatic heterocycles. The van der Waals surface area contributed by atoms with E-state index in [9.17, 15) is 0 Å². The van der Waals surface area contributed by atoms with Crippen molar-refractivity contribution in [1.82, 2.24) is 9.88 Å². The van der Waals surface area contributed by atoms with Crippen molar-refractivity contribution in [3.05, 3.63) is 36.4 Å². The van der Waals surface area contributed by atoms with Gasteiger partial charge in [0.15, 0.2) is 11.5 Å². The predicted octanol–water partition coefficient (Wildman–Crippen LogP) is 3.27. The smallest absolute Gasteiger partial charge is 0.162 e. The lowest BCUT2D eigenvalue weighted by molar-refractivity contribution is 0.168. The Hall–Kier alpha value is -2.57.